The number of hydrogen-bond acceptors (Lipinski definition) is 2. The molecule has 0 saturated heterocycles. The molecule has 0 amide bonds. The summed E-state index contributed by atoms with van der Waals surface area (Å²) in [5.74, 6) is 0. The molecule has 1 atom stereocenters. The quantitative estimate of drug-likeness (QED) is 0.842. The van der Waals surface area contributed by atoms with Gasteiger partial charge in [0.15, 0.2) is 0 Å². The molecule has 1 aromatic carbocycles. The number of unbranched alkanes of at least 4 members (excludes halogenated alkanes) is 1. The van der Waals surface area contributed by atoms with Crippen LogP contribution in [0.5, 0.6) is 0 Å². The van der Waals surface area contributed by atoms with E-state index in [-0.39, 0.29) is 6.04 Å². The van der Waals surface area contributed by atoms with Crippen molar-refractivity contribution in [2.75, 3.05) is 18.5 Å². The highest BCUT2D eigenvalue weighted by Crippen LogP contribution is 2.26. The fourth-order valence-electron chi connectivity index (χ4n) is 1.87. The van der Waals surface area contributed by atoms with Crippen molar-refractivity contribution in [3.63, 3.8) is 0 Å². The molecular formula is C14H23ClN2. The maximum atomic E-state index is 6.30. The van der Waals surface area contributed by atoms with Gasteiger partial charge in [-0.05, 0) is 37.5 Å². The van der Waals surface area contributed by atoms with Crippen LogP contribution in [0, 0.1) is 0 Å². The van der Waals surface area contributed by atoms with E-state index in [1.165, 1.54) is 18.4 Å². The van der Waals surface area contributed by atoms with Crippen LogP contribution in [-0.2, 0) is 6.42 Å². The zero-order valence-electron chi connectivity index (χ0n) is 11.0. The zero-order valence-corrected chi connectivity index (χ0v) is 11.8. The molecule has 96 valence electrons. The molecule has 0 aromatic heterocycles. The Labute approximate surface area is 110 Å². The van der Waals surface area contributed by atoms with Gasteiger partial charge in [0, 0.05) is 19.6 Å². The van der Waals surface area contributed by atoms with E-state index in [0.717, 1.165) is 23.7 Å². The summed E-state index contributed by atoms with van der Waals surface area (Å²) in [6, 6.07) is 6.42. The van der Waals surface area contributed by atoms with Crippen molar-refractivity contribution in [2.24, 2.45) is 5.73 Å². The number of nitrogens with zero attached hydrogens (tertiary/aromatic N) is 1. The molecule has 0 bridgehead atoms. The van der Waals surface area contributed by atoms with Crippen molar-refractivity contribution in [3.8, 4) is 0 Å². The molecule has 0 aliphatic carbocycles. The van der Waals surface area contributed by atoms with Crippen LogP contribution in [0.15, 0.2) is 18.2 Å². The molecule has 3 heteroatoms. The molecular weight excluding hydrogens is 232 g/mol. The second-order valence-corrected chi connectivity index (χ2v) is 5.15. The van der Waals surface area contributed by atoms with Crippen LogP contribution in [-0.4, -0.2) is 19.6 Å². The first-order valence-electron chi connectivity index (χ1n) is 6.29. The highest BCUT2D eigenvalue weighted by Gasteiger charge is 2.07. The summed E-state index contributed by atoms with van der Waals surface area (Å²) in [6.07, 6.45) is 3.26. The lowest BCUT2D eigenvalue weighted by molar-refractivity contribution is 0.737. The largest absolute Gasteiger partial charge is 0.373 e. The summed E-state index contributed by atoms with van der Waals surface area (Å²) in [6.45, 7) is 5.25. The van der Waals surface area contributed by atoms with Crippen LogP contribution < -0.4 is 10.6 Å². The summed E-state index contributed by atoms with van der Waals surface area (Å²) in [7, 11) is 2.09. The number of hydrogen-bond donors (Lipinski definition) is 1. The van der Waals surface area contributed by atoms with Gasteiger partial charge >= 0.3 is 0 Å². The van der Waals surface area contributed by atoms with Gasteiger partial charge in [-0.1, -0.05) is 31.0 Å². The number of halogens is 1. The molecule has 0 spiro atoms. The van der Waals surface area contributed by atoms with E-state index in [1.807, 2.05) is 13.0 Å². The van der Waals surface area contributed by atoms with Crippen LogP contribution >= 0.6 is 11.6 Å². The summed E-state index contributed by atoms with van der Waals surface area (Å²) in [4.78, 5) is 2.21. The van der Waals surface area contributed by atoms with Gasteiger partial charge in [-0.25, -0.2) is 0 Å². The Morgan fingerprint density at radius 3 is 2.65 bits per heavy atom. The highest BCUT2D eigenvalue weighted by atomic mass is 35.5. The third-order valence-corrected chi connectivity index (χ3v) is 3.13. The first-order valence-corrected chi connectivity index (χ1v) is 6.67. The first-order chi connectivity index (χ1) is 8.04. The molecule has 1 rings (SSSR count). The Morgan fingerprint density at radius 1 is 1.41 bits per heavy atom. The van der Waals surface area contributed by atoms with Crippen LogP contribution in [0.3, 0.4) is 0 Å². The molecule has 2 N–H and O–H groups in total. The summed E-state index contributed by atoms with van der Waals surface area (Å²) in [5, 5.41) is 0.821. The Balaban J connectivity index is 2.74. The number of nitrogens with two attached hydrogens (primary N) is 1. The maximum absolute atomic E-state index is 6.30. The van der Waals surface area contributed by atoms with Gasteiger partial charge in [-0.3, -0.25) is 0 Å². The van der Waals surface area contributed by atoms with Crippen LogP contribution in [0.4, 0.5) is 5.69 Å². The fourth-order valence-corrected chi connectivity index (χ4v) is 2.22. The molecule has 1 aromatic rings. The highest BCUT2D eigenvalue weighted by molar-refractivity contribution is 6.33. The summed E-state index contributed by atoms with van der Waals surface area (Å²) >= 11 is 6.30. The molecule has 0 aliphatic heterocycles. The van der Waals surface area contributed by atoms with Gasteiger partial charge in [-0.2, -0.15) is 0 Å². The molecule has 1 unspecified atom stereocenters. The SMILES string of the molecule is CCCCN(C)c1ccc(CC(C)N)cc1Cl. The number of anilines is 1. The predicted octanol–water partition coefficient (Wildman–Crippen LogP) is 3.47. The third kappa shape index (κ3) is 4.57. The second-order valence-electron chi connectivity index (χ2n) is 4.74. The molecule has 2 nitrogen and oxygen atoms in total. The minimum atomic E-state index is 0.176. The van der Waals surface area contributed by atoms with E-state index >= 15 is 0 Å². The Kier molecular flexibility index (Phi) is 5.79. The monoisotopic (exact) mass is 254 g/mol. The summed E-state index contributed by atoms with van der Waals surface area (Å²) < 4.78 is 0. The molecule has 0 aliphatic rings. The predicted molar refractivity (Wildman–Crippen MR) is 77.0 cm³/mol. The van der Waals surface area contributed by atoms with E-state index in [4.69, 9.17) is 17.3 Å². The molecule has 17 heavy (non-hydrogen) atoms. The Morgan fingerprint density at radius 2 is 2.12 bits per heavy atom. The van der Waals surface area contributed by atoms with Gasteiger partial charge in [0.25, 0.3) is 0 Å². The van der Waals surface area contributed by atoms with Gasteiger partial charge in [-0.15, -0.1) is 0 Å². The number of rotatable bonds is 6. The smallest absolute Gasteiger partial charge is 0.0642 e. The standard InChI is InChI=1S/C14H23ClN2/c1-4-5-8-17(3)14-7-6-12(9-11(2)16)10-13(14)15/h6-7,10-11H,4-5,8-9,16H2,1-3H3. The second kappa shape index (κ2) is 6.87. The van der Waals surface area contributed by atoms with Crippen LogP contribution in [0.2, 0.25) is 5.02 Å². The third-order valence-electron chi connectivity index (χ3n) is 2.83. The zero-order chi connectivity index (χ0) is 12.8. The normalized spacial score (nSPS) is 12.5. The lowest BCUT2D eigenvalue weighted by atomic mass is 10.1. The lowest BCUT2D eigenvalue weighted by Crippen LogP contribution is -2.20. The topological polar surface area (TPSA) is 29.3 Å². The molecule has 0 radical (unpaired) electrons. The van der Waals surface area contributed by atoms with E-state index in [2.05, 4.69) is 31.0 Å². The molecule has 0 heterocycles. The minimum absolute atomic E-state index is 0.176. The minimum Gasteiger partial charge on any atom is -0.373 e. The summed E-state index contributed by atoms with van der Waals surface area (Å²) in [5.41, 5.74) is 8.10. The van der Waals surface area contributed by atoms with Crippen molar-refractivity contribution in [1.82, 2.24) is 0 Å². The fraction of sp³-hybridized carbons (Fsp3) is 0.571. The maximum Gasteiger partial charge on any atom is 0.0642 e. The van der Waals surface area contributed by atoms with Gasteiger partial charge in [0.2, 0.25) is 0 Å². The average molecular weight is 255 g/mol. The molecule has 0 saturated carbocycles. The van der Waals surface area contributed by atoms with E-state index in [1.54, 1.807) is 0 Å². The van der Waals surface area contributed by atoms with Gasteiger partial charge in [0.05, 0.1) is 10.7 Å². The van der Waals surface area contributed by atoms with E-state index in [9.17, 15) is 0 Å². The van der Waals surface area contributed by atoms with Crippen molar-refractivity contribution < 1.29 is 0 Å². The van der Waals surface area contributed by atoms with E-state index in [0.29, 0.717) is 0 Å². The van der Waals surface area contributed by atoms with Gasteiger partial charge < -0.3 is 10.6 Å². The van der Waals surface area contributed by atoms with Crippen molar-refractivity contribution in [1.29, 1.82) is 0 Å². The molecule has 0 fully saturated rings. The van der Waals surface area contributed by atoms with Crippen molar-refractivity contribution in [3.05, 3.63) is 28.8 Å². The lowest BCUT2D eigenvalue weighted by Gasteiger charge is -2.21. The Hall–Kier alpha value is -0.730. The van der Waals surface area contributed by atoms with Crippen LogP contribution in [0.1, 0.15) is 32.3 Å². The van der Waals surface area contributed by atoms with Crippen molar-refractivity contribution >= 4 is 17.3 Å². The van der Waals surface area contributed by atoms with Crippen molar-refractivity contribution in [2.45, 2.75) is 39.2 Å². The number of benzene rings is 1. The first kappa shape index (κ1) is 14.3. The van der Waals surface area contributed by atoms with E-state index < -0.39 is 0 Å². The van der Waals surface area contributed by atoms with Crippen LogP contribution in [0.25, 0.3) is 0 Å². The average Bonchev–Trinajstić information content (AvgIpc) is 2.25. The Bertz CT molecular complexity index is 350. The van der Waals surface area contributed by atoms with Gasteiger partial charge in [0.1, 0.15) is 0 Å².